The van der Waals surface area contributed by atoms with Gasteiger partial charge in [0.25, 0.3) is 0 Å². The molecule has 1 atom stereocenters. The number of methoxy groups -OCH3 is 2. The van der Waals surface area contributed by atoms with E-state index >= 15 is 0 Å². The van der Waals surface area contributed by atoms with E-state index in [0.29, 0.717) is 73.6 Å². The van der Waals surface area contributed by atoms with Crippen molar-refractivity contribution in [3.05, 3.63) is 88.5 Å². The average molecular weight is 783 g/mol. The lowest BCUT2D eigenvalue weighted by Crippen LogP contribution is -2.41. The minimum absolute atomic E-state index is 0.0405. The first-order valence-corrected chi connectivity index (χ1v) is 21.6. The Labute approximate surface area is 328 Å². The molecule has 2 saturated heterocycles. The van der Waals surface area contributed by atoms with Gasteiger partial charge in [-0.25, -0.2) is 0 Å². The molecule has 2 aliphatic heterocycles. The zero-order chi connectivity index (χ0) is 40.7. The van der Waals surface area contributed by atoms with Crippen LogP contribution in [0.3, 0.4) is 0 Å². The molecule has 2 aliphatic rings. The third-order valence-corrected chi connectivity index (χ3v) is 14.8. The van der Waals surface area contributed by atoms with Gasteiger partial charge in [0, 0.05) is 40.2 Å². The first kappa shape index (κ1) is 44.4. The molecule has 0 bridgehead atoms. The fraction of sp³-hybridized carbons (Fsp3) is 0.558. The van der Waals surface area contributed by atoms with Crippen LogP contribution < -0.4 is 14.2 Å². The maximum Gasteiger partial charge on any atom is 0.192 e. The van der Waals surface area contributed by atoms with E-state index in [4.69, 9.17) is 47.1 Å². The lowest BCUT2D eigenvalue weighted by molar-refractivity contribution is -0.226. The van der Waals surface area contributed by atoms with E-state index < -0.39 is 26.5 Å². The predicted octanol–water partition coefficient (Wildman–Crippen LogP) is 8.32. The van der Waals surface area contributed by atoms with Gasteiger partial charge in [-0.3, -0.25) is 0 Å². The van der Waals surface area contributed by atoms with E-state index in [1.807, 2.05) is 67.5 Å². The number of rotatable bonds is 14. The van der Waals surface area contributed by atoms with Crippen LogP contribution in [0.2, 0.25) is 18.1 Å². The third-order valence-electron chi connectivity index (χ3n) is 10.3. The molecule has 2 heterocycles. The van der Waals surface area contributed by atoms with Crippen molar-refractivity contribution in [2.75, 3.05) is 60.7 Å². The lowest BCUT2D eigenvalue weighted by atomic mass is 9.78. The summed E-state index contributed by atoms with van der Waals surface area (Å²) in [6.45, 7) is 24.4. The van der Waals surface area contributed by atoms with Gasteiger partial charge in [0.1, 0.15) is 36.2 Å². The molecule has 0 aliphatic carbocycles. The van der Waals surface area contributed by atoms with E-state index in [2.05, 4.69) is 61.6 Å². The normalized spacial score (nSPS) is 18.8. The Hall–Kier alpha value is -3.33. The summed E-state index contributed by atoms with van der Waals surface area (Å²) in [7, 11) is 1.18. The largest absolute Gasteiger partial charge is 0.496 e. The molecule has 3 aromatic rings. The first-order chi connectivity index (χ1) is 25.9. The molecule has 12 heteroatoms. The molecule has 0 radical (unpaired) electrons. The molecule has 0 aromatic heterocycles. The highest BCUT2D eigenvalue weighted by atomic mass is 28.4. The molecule has 0 amide bonds. The maximum atomic E-state index is 13.6. The first-order valence-electron chi connectivity index (χ1n) is 18.7. The quantitative estimate of drug-likeness (QED) is 0.0736. The van der Waals surface area contributed by atoms with Crippen molar-refractivity contribution in [2.45, 2.75) is 84.8 Å². The number of hydrogen-bond donors (Lipinski definition) is 1. The fourth-order valence-corrected chi connectivity index (χ4v) is 7.12. The Bertz CT molecular complexity index is 1680. The lowest BCUT2D eigenvalue weighted by Gasteiger charge is -2.37. The minimum Gasteiger partial charge on any atom is -0.496 e. The second kappa shape index (κ2) is 18.3. The second-order valence-corrected chi connectivity index (χ2v) is 22.0. The van der Waals surface area contributed by atoms with E-state index in [1.54, 1.807) is 14.2 Å². The SMILES string of the molecule is C=O.COCOc1ccc(C2OCC(C)(C)CO2)cc1C(O)(c1cccc(OCCO[Si](C)(C)C(C)(C)C)c1)c1cc(C2OCC(C)(C)CO2)ccc1OC. The Morgan fingerprint density at radius 2 is 1.25 bits per heavy atom. The van der Waals surface area contributed by atoms with Crippen LogP contribution in [0.5, 0.6) is 17.2 Å². The molecule has 2 fully saturated rings. The highest BCUT2D eigenvalue weighted by Crippen LogP contribution is 2.48. The summed E-state index contributed by atoms with van der Waals surface area (Å²) >= 11 is 0. The molecule has 1 unspecified atom stereocenters. The predicted molar refractivity (Wildman–Crippen MR) is 213 cm³/mol. The standard InChI is InChI=1S/C42H60O10Si.CH2O/c1-39(2,3)53(10,11)52-20-19-46-32-14-12-13-31(23-32)42(43,33-21-29(15-17-35(33)45-9)37-47-24-40(4,5)25-48-37)34-22-30(16-18-36(34)51-28-44-8)38-49-26-41(6,7)27-50-38;1-2/h12-18,21-23,37-38,43H,19-20,24-28H2,1-11H3;1H2. The zero-order valence-electron chi connectivity index (χ0n) is 34.6. The van der Waals surface area contributed by atoms with Gasteiger partial charge in [0.05, 0.1) is 40.1 Å². The van der Waals surface area contributed by atoms with Crippen LogP contribution in [-0.2, 0) is 38.5 Å². The molecule has 0 spiro atoms. The molecule has 11 nitrogen and oxygen atoms in total. The number of hydrogen-bond acceptors (Lipinski definition) is 11. The third kappa shape index (κ3) is 10.7. The second-order valence-electron chi connectivity index (χ2n) is 17.2. The van der Waals surface area contributed by atoms with Gasteiger partial charge >= 0.3 is 0 Å². The minimum atomic E-state index is -1.96. The molecule has 0 saturated carbocycles. The van der Waals surface area contributed by atoms with Gasteiger partial charge in [0.2, 0.25) is 0 Å². The van der Waals surface area contributed by atoms with Gasteiger partial charge in [-0.2, -0.15) is 0 Å². The van der Waals surface area contributed by atoms with Crippen LogP contribution in [0.15, 0.2) is 60.7 Å². The molecule has 5 rings (SSSR count). The summed E-state index contributed by atoms with van der Waals surface area (Å²) in [4.78, 5) is 8.00. The van der Waals surface area contributed by atoms with Crippen molar-refractivity contribution in [1.82, 2.24) is 0 Å². The maximum absolute atomic E-state index is 13.6. The van der Waals surface area contributed by atoms with Crippen LogP contribution >= 0.6 is 0 Å². The number of benzene rings is 3. The molecule has 55 heavy (non-hydrogen) atoms. The van der Waals surface area contributed by atoms with E-state index in [-0.39, 0.29) is 22.7 Å². The highest BCUT2D eigenvalue weighted by molar-refractivity contribution is 6.74. The summed E-state index contributed by atoms with van der Waals surface area (Å²) in [6.07, 6.45) is -1.27. The summed E-state index contributed by atoms with van der Waals surface area (Å²) in [6, 6.07) is 18.6. The smallest absolute Gasteiger partial charge is 0.192 e. The molecular weight excluding hydrogens is 721 g/mol. The zero-order valence-corrected chi connectivity index (χ0v) is 35.6. The number of aliphatic hydroxyl groups is 1. The van der Waals surface area contributed by atoms with Crippen LogP contribution in [0.4, 0.5) is 0 Å². The molecular formula is C43H62O11Si. The Balaban J connectivity index is 0.00000331. The van der Waals surface area contributed by atoms with Crippen LogP contribution in [-0.4, -0.2) is 80.9 Å². The van der Waals surface area contributed by atoms with Crippen molar-refractivity contribution in [3.63, 3.8) is 0 Å². The number of ether oxygens (including phenoxy) is 8. The number of carbonyl (C=O) groups excluding carboxylic acids is 1. The van der Waals surface area contributed by atoms with Crippen molar-refractivity contribution < 1.29 is 52.2 Å². The summed E-state index contributed by atoms with van der Waals surface area (Å²) < 4.78 is 54.9. The van der Waals surface area contributed by atoms with Crippen molar-refractivity contribution >= 4 is 15.1 Å². The van der Waals surface area contributed by atoms with Crippen LogP contribution in [0.25, 0.3) is 0 Å². The van der Waals surface area contributed by atoms with E-state index in [0.717, 1.165) is 11.1 Å². The van der Waals surface area contributed by atoms with Crippen LogP contribution in [0.1, 0.15) is 88.9 Å². The Morgan fingerprint density at radius 1 is 0.745 bits per heavy atom. The summed E-state index contributed by atoms with van der Waals surface area (Å²) in [5, 5.41) is 13.7. The van der Waals surface area contributed by atoms with Gasteiger partial charge < -0.3 is 52.2 Å². The van der Waals surface area contributed by atoms with Gasteiger partial charge in [0.15, 0.2) is 27.7 Å². The van der Waals surface area contributed by atoms with Gasteiger partial charge in [-0.15, -0.1) is 0 Å². The monoisotopic (exact) mass is 782 g/mol. The van der Waals surface area contributed by atoms with Gasteiger partial charge in [-0.1, -0.05) is 72.7 Å². The average Bonchev–Trinajstić information content (AvgIpc) is 3.15. The van der Waals surface area contributed by atoms with Crippen molar-refractivity contribution in [2.24, 2.45) is 10.8 Å². The number of carbonyl (C=O) groups is 1. The highest BCUT2D eigenvalue weighted by Gasteiger charge is 2.42. The fourth-order valence-electron chi connectivity index (χ4n) is 6.09. The summed E-state index contributed by atoms with van der Waals surface area (Å²) in [5.41, 5.74) is 0.780. The van der Waals surface area contributed by atoms with Crippen LogP contribution in [0, 0.1) is 10.8 Å². The Kier molecular flexibility index (Phi) is 14.8. The molecule has 304 valence electrons. The topological polar surface area (TPSA) is 120 Å². The van der Waals surface area contributed by atoms with E-state index in [9.17, 15) is 5.11 Å². The summed E-state index contributed by atoms with van der Waals surface area (Å²) in [5.74, 6) is 1.44. The molecule has 3 aromatic carbocycles. The Morgan fingerprint density at radius 3 is 1.75 bits per heavy atom. The van der Waals surface area contributed by atoms with Crippen molar-refractivity contribution in [3.8, 4) is 17.2 Å². The van der Waals surface area contributed by atoms with Gasteiger partial charge in [-0.05, 0) is 60.1 Å². The van der Waals surface area contributed by atoms with E-state index in [1.165, 1.54) is 0 Å². The van der Waals surface area contributed by atoms with Crippen molar-refractivity contribution in [1.29, 1.82) is 0 Å². The molecule has 1 N–H and O–H groups in total.